The van der Waals surface area contributed by atoms with Gasteiger partial charge in [-0.05, 0) is 47.5 Å². The Morgan fingerprint density at radius 3 is 2.30 bits per heavy atom. The second-order valence-corrected chi connectivity index (χ2v) is 8.96. The molecule has 0 atom stereocenters. The predicted molar refractivity (Wildman–Crippen MR) is 137 cm³/mol. The van der Waals surface area contributed by atoms with E-state index in [1.807, 2.05) is 30.3 Å². The van der Waals surface area contributed by atoms with E-state index in [9.17, 15) is 27.2 Å². The van der Waals surface area contributed by atoms with E-state index >= 15 is 0 Å². The van der Waals surface area contributed by atoms with E-state index in [4.69, 9.17) is 16.3 Å². The number of ether oxygens (including phenoxy) is 1. The Morgan fingerprint density at radius 2 is 1.62 bits per heavy atom. The first-order valence-electron chi connectivity index (χ1n) is 11.8. The van der Waals surface area contributed by atoms with Gasteiger partial charge in [0.25, 0.3) is 11.8 Å². The Morgan fingerprint density at radius 1 is 0.900 bits per heavy atom. The van der Waals surface area contributed by atoms with Crippen molar-refractivity contribution in [1.82, 2.24) is 25.6 Å². The molecule has 13 heteroatoms. The summed E-state index contributed by atoms with van der Waals surface area (Å²) >= 11 is 5.81. The number of hydrogen-bond acceptors (Lipinski definition) is 5. The molecule has 0 fully saturated rings. The average Bonchev–Trinajstić information content (AvgIpc) is 3.36. The van der Waals surface area contributed by atoms with Crippen LogP contribution in [0.15, 0.2) is 72.8 Å². The summed E-state index contributed by atoms with van der Waals surface area (Å²) in [5.74, 6) is -2.05. The lowest BCUT2D eigenvalue weighted by atomic mass is 10.2. The Kier molecular flexibility index (Phi) is 9.12. The van der Waals surface area contributed by atoms with Gasteiger partial charge in [0.15, 0.2) is 5.69 Å². The Hall–Kier alpha value is -4.29. The standard InChI is InChI=1S/C27H22ClF4N5O3/c28-21-12-18(6-11-22(21)29)13-33-26(39)24-23(15-40-14-17-4-2-1-3-5-17)37(36-35-24)20-9-7-19(8-10-20)25(38)34-16-27(30,31)32/h1-12H,13-16H2,(H,33,39)(H,34,38). The lowest BCUT2D eigenvalue weighted by Gasteiger charge is -2.11. The smallest absolute Gasteiger partial charge is 0.370 e. The van der Waals surface area contributed by atoms with Gasteiger partial charge in [-0.3, -0.25) is 9.59 Å². The fourth-order valence-electron chi connectivity index (χ4n) is 3.61. The molecule has 1 aromatic heterocycles. The number of aromatic nitrogens is 3. The van der Waals surface area contributed by atoms with Crippen molar-refractivity contribution in [1.29, 1.82) is 0 Å². The van der Waals surface area contributed by atoms with Gasteiger partial charge in [0, 0.05) is 12.1 Å². The third kappa shape index (κ3) is 7.64. The van der Waals surface area contributed by atoms with Crippen molar-refractivity contribution in [2.75, 3.05) is 6.54 Å². The maximum absolute atomic E-state index is 13.5. The summed E-state index contributed by atoms with van der Waals surface area (Å²) in [7, 11) is 0. The van der Waals surface area contributed by atoms with Crippen molar-refractivity contribution in [2.45, 2.75) is 25.9 Å². The van der Waals surface area contributed by atoms with Gasteiger partial charge in [-0.2, -0.15) is 13.2 Å². The molecule has 0 radical (unpaired) electrons. The molecule has 0 saturated heterocycles. The zero-order valence-corrected chi connectivity index (χ0v) is 21.5. The van der Waals surface area contributed by atoms with Gasteiger partial charge in [-0.1, -0.05) is 53.2 Å². The van der Waals surface area contributed by atoms with E-state index < -0.39 is 30.4 Å². The van der Waals surface area contributed by atoms with Gasteiger partial charge < -0.3 is 15.4 Å². The normalized spacial score (nSPS) is 11.3. The van der Waals surface area contributed by atoms with E-state index in [1.165, 1.54) is 47.1 Å². The van der Waals surface area contributed by atoms with Crippen molar-refractivity contribution >= 4 is 23.4 Å². The van der Waals surface area contributed by atoms with Gasteiger partial charge >= 0.3 is 6.18 Å². The summed E-state index contributed by atoms with van der Waals surface area (Å²) in [5, 5.41) is 12.5. The number of amides is 2. The number of rotatable bonds is 10. The summed E-state index contributed by atoms with van der Waals surface area (Å²) in [5.41, 5.74) is 2.12. The molecule has 40 heavy (non-hydrogen) atoms. The highest BCUT2D eigenvalue weighted by Crippen LogP contribution is 2.19. The van der Waals surface area contributed by atoms with Crippen LogP contribution in [0.25, 0.3) is 5.69 Å². The first-order valence-corrected chi connectivity index (χ1v) is 12.2. The van der Waals surface area contributed by atoms with Crippen LogP contribution < -0.4 is 10.6 Å². The number of nitrogens with zero attached hydrogens (tertiary/aromatic N) is 3. The number of hydrogen-bond donors (Lipinski definition) is 2. The molecule has 0 aliphatic heterocycles. The van der Waals surface area contributed by atoms with Crippen molar-refractivity contribution in [3.8, 4) is 5.69 Å². The summed E-state index contributed by atoms with van der Waals surface area (Å²) in [6.07, 6.45) is -4.54. The van der Waals surface area contributed by atoms with Crippen molar-refractivity contribution in [3.05, 3.63) is 112 Å². The summed E-state index contributed by atoms with van der Waals surface area (Å²) < 4.78 is 57.9. The Labute approximate surface area is 230 Å². The molecule has 0 aliphatic carbocycles. The minimum atomic E-state index is -4.54. The molecule has 0 saturated carbocycles. The zero-order chi connectivity index (χ0) is 28.7. The van der Waals surface area contributed by atoms with Crippen LogP contribution in [0.2, 0.25) is 5.02 Å². The molecule has 1 heterocycles. The highest BCUT2D eigenvalue weighted by molar-refractivity contribution is 6.30. The maximum Gasteiger partial charge on any atom is 0.405 e. The molecule has 0 bridgehead atoms. The number of benzene rings is 3. The van der Waals surface area contributed by atoms with Crippen LogP contribution in [0.5, 0.6) is 0 Å². The van der Waals surface area contributed by atoms with Crippen LogP contribution in [-0.4, -0.2) is 39.5 Å². The third-order valence-electron chi connectivity index (χ3n) is 5.59. The number of alkyl halides is 3. The van der Waals surface area contributed by atoms with Crippen LogP contribution in [0, 0.1) is 5.82 Å². The SMILES string of the molecule is O=C(NCC(F)(F)F)c1ccc(-n2nnc(C(=O)NCc3ccc(F)c(Cl)c3)c2COCc2ccccc2)cc1. The zero-order valence-electron chi connectivity index (χ0n) is 20.7. The Balaban J connectivity index is 1.53. The summed E-state index contributed by atoms with van der Waals surface area (Å²) in [6.45, 7) is -1.25. The Bertz CT molecular complexity index is 1480. The molecule has 2 amide bonds. The van der Waals surface area contributed by atoms with Gasteiger partial charge in [-0.15, -0.1) is 5.10 Å². The van der Waals surface area contributed by atoms with Crippen molar-refractivity contribution < 1.29 is 31.9 Å². The molecule has 0 aliphatic rings. The fourth-order valence-corrected chi connectivity index (χ4v) is 3.81. The molecule has 2 N–H and O–H groups in total. The van der Waals surface area contributed by atoms with Crippen molar-refractivity contribution in [3.63, 3.8) is 0 Å². The number of carbonyl (C=O) groups is 2. The lowest BCUT2D eigenvalue weighted by Crippen LogP contribution is -2.33. The third-order valence-corrected chi connectivity index (χ3v) is 5.88. The average molecular weight is 576 g/mol. The van der Waals surface area contributed by atoms with Gasteiger partial charge in [-0.25, -0.2) is 9.07 Å². The maximum atomic E-state index is 13.5. The van der Waals surface area contributed by atoms with Crippen molar-refractivity contribution in [2.24, 2.45) is 0 Å². The monoisotopic (exact) mass is 575 g/mol. The minimum absolute atomic E-state index is 0.00548. The summed E-state index contributed by atoms with van der Waals surface area (Å²) in [6, 6.07) is 19.0. The topological polar surface area (TPSA) is 98.1 Å². The van der Waals surface area contributed by atoms with Crippen LogP contribution in [0.1, 0.15) is 37.7 Å². The minimum Gasteiger partial charge on any atom is -0.370 e. The van der Waals surface area contributed by atoms with Crippen LogP contribution in [0.3, 0.4) is 0 Å². The molecule has 3 aromatic carbocycles. The van der Waals surface area contributed by atoms with E-state index in [1.54, 1.807) is 5.32 Å². The van der Waals surface area contributed by atoms with Crippen LogP contribution in [-0.2, 0) is 24.5 Å². The van der Waals surface area contributed by atoms with E-state index in [0.29, 0.717) is 16.9 Å². The second kappa shape index (κ2) is 12.7. The number of nitrogens with one attached hydrogen (secondary N) is 2. The van der Waals surface area contributed by atoms with Gasteiger partial charge in [0.2, 0.25) is 0 Å². The first kappa shape index (κ1) is 28.7. The molecule has 4 aromatic rings. The molecule has 4 rings (SSSR count). The molecule has 0 spiro atoms. The van der Waals surface area contributed by atoms with Crippen LogP contribution >= 0.6 is 11.6 Å². The highest BCUT2D eigenvalue weighted by Gasteiger charge is 2.28. The fraction of sp³-hybridized carbons (Fsp3) is 0.185. The molecular formula is C27H22ClF4N5O3. The lowest BCUT2D eigenvalue weighted by molar-refractivity contribution is -0.123. The molecular weight excluding hydrogens is 554 g/mol. The van der Waals surface area contributed by atoms with E-state index in [-0.39, 0.29) is 36.0 Å². The van der Waals surface area contributed by atoms with Crippen LogP contribution in [0.4, 0.5) is 17.6 Å². The molecule has 8 nitrogen and oxygen atoms in total. The second-order valence-electron chi connectivity index (χ2n) is 8.55. The predicted octanol–water partition coefficient (Wildman–Crippen LogP) is 5.00. The highest BCUT2D eigenvalue weighted by atomic mass is 35.5. The molecule has 208 valence electrons. The number of carbonyl (C=O) groups excluding carboxylic acids is 2. The van der Waals surface area contributed by atoms with Gasteiger partial charge in [0.05, 0.1) is 23.9 Å². The molecule has 0 unspecified atom stereocenters. The van der Waals surface area contributed by atoms with E-state index in [2.05, 4.69) is 15.6 Å². The van der Waals surface area contributed by atoms with Gasteiger partial charge in [0.1, 0.15) is 18.1 Å². The first-order chi connectivity index (χ1) is 19.1. The quantitative estimate of drug-likeness (QED) is 0.259. The largest absolute Gasteiger partial charge is 0.405 e. The van der Waals surface area contributed by atoms with E-state index in [0.717, 1.165) is 5.56 Å². The number of halogens is 5. The summed E-state index contributed by atoms with van der Waals surface area (Å²) in [4.78, 5) is 25.1.